The largest absolute Gasteiger partial charge is 0.378 e. The summed E-state index contributed by atoms with van der Waals surface area (Å²) in [6, 6.07) is 4.19. The quantitative estimate of drug-likeness (QED) is 0.854. The first-order valence-corrected chi connectivity index (χ1v) is 6.77. The molecule has 4 nitrogen and oxygen atoms in total. The Balaban J connectivity index is 2.06. The first-order valence-electron chi connectivity index (χ1n) is 6.77. The molecule has 0 aliphatic carbocycles. The van der Waals surface area contributed by atoms with Gasteiger partial charge in [-0.1, -0.05) is 0 Å². The van der Waals surface area contributed by atoms with Crippen molar-refractivity contribution >= 4 is 0 Å². The van der Waals surface area contributed by atoms with E-state index < -0.39 is 0 Å². The molecule has 19 heavy (non-hydrogen) atoms. The summed E-state index contributed by atoms with van der Waals surface area (Å²) in [5.74, 6) is 0. The fourth-order valence-electron chi connectivity index (χ4n) is 2.76. The third-order valence-corrected chi connectivity index (χ3v) is 3.55. The van der Waals surface area contributed by atoms with E-state index in [0.717, 1.165) is 42.1 Å². The molecule has 0 fully saturated rings. The number of aromatic nitrogens is 3. The fraction of sp³-hybridized carbons (Fsp3) is 0.467. The van der Waals surface area contributed by atoms with Gasteiger partial charge in [-0.05, 0) is 39.3 Å². The van der Waals surface area contributed by atoms with E-state index in [2.05, 4.69) is 34.2 Å². The molecule has 0 spiro atoms. The molecule has 2 aromatic rings. The summed E-state index contributed by atoms with van der Waals surface area (Å²) in [4.78, 5) is 4.42. The average Bonchev–Trinajstić information content (AvgIpc) is 2.62. The molecular formula is C15H19N3O. The molecular weight excluding hydrogens is 238 g/mol. The zero-order valence-corrected chi connectivity index (χ0v) is 11.7. The first-order chi connectivity index (χ1) is 9.13. The highest BCUT2D eigenvalue weighted by atomic mass is 16.5. The zero-order chi connectivity index (χ0) is 13.4. The van der Waals surface area contributed by atoms with Gasteiger partial charge in [-0.25, -0.2) is 0 Å². The molecule has 0 aromatic carbocycles. The van der Waals surface area contributed by atoms with Crippen LogP contribution in [0.25, 0.3) is 11.3 Å². The van der Waals surface area contributed by atoms with E-state index in [9.17, 15) is 0 Å². The van der Waals surface area contributed by atoms with Crippen LogP contribution >= 0.6 is 0 Å². The molecule has 1 atom stereocenters. The third-order valence-electron chi connectivity index (χ3n) is 3.55. The number of nitrogens with zero attached hydrogens (tertiary/aromatic N) is 2. The smallest absolute Gasteiger partial charge is 0.0957 e. The molecule has 3 rings (SSSR count). The van der Waals surface area contributed by atoms with Gasteiger partial charge >= 0.3 is 0 Å². The van der Waals surface area contributed by atoms with Crippen molar-refractivity contribution in [2.75, 3.05) is 6.61 Å². The Hall–Kier alpha value is -1.68. The summed E-state index contributed by atoms with van der Waals surface area (Å²) in [7, 11) is 0. The van der Waals surface area contributed by atoms with E-state index in [1.165, 1.54) is 11.3 Å². The number of nitrogens with one attached hydrogen (secondary N) is 1. The molecule has 0 saturated heterocycles. The highest BCUT2D eigenvalue weighted by Gasteiger charge is 2.20. The average molecular weight is 257 g/mol. The van der Waals surface area contributed by atoms with Crippen LogP contribution in [0.15, 0.2) is 12.1 Å². The minimum absolute atomic E-state index is 0.260. The number of pyridine rings is 1. The Bertz CT molecular complexity index is 583. The lowest BCUT2D eigenvalue weighted by Gasteiger charge is -2.06. The SMILES string of the molecule is Cc1cc(-c2n[nH]c3c2CCOC(C)C3)cc(C)n1. The van der Waals surface area contributed by atoms with E-state index in [4.69, 9.17) is 4.74 Å². The van der Waals surface area contributed by atoms with Crippen molar-refractivity contribution in [2.24, 2.45) is 0 Å². The summed E-state index contributed by atoms with van der Waals surface area (Å²) in [6.45, 7) is 6.92. The van der Waals surface area contributed by atoms with E-state index in [1.807, 2.05) is 13.8 Å². The van der Waals surface area contributed by atoms with Gasteiger partial charge in [0.2, 0.25) is 0 Å². The number of ether oxygens (including phenoxy) is 1. The predicted molar refractivity (Wildman–Crippen MR) is 74.1 cm³/mol. The molecule has 1 unspecified atom stereocenters. The molecule has 2 aromatic heterocycles. The maximum Gasteiger partial charge on any atom is 0.0957 e. The summed E-state index contributed by atoms with van der Waals surface area (Å²) in [5.41, 5.74) is 6.79. The minimum Gasteiger partial charge on any atom is -0.378 e. The number of rotatable bonds is 1. The van der Waals surface area contributed by atoms with Gasteiger partial charge in [0.25, 0.3) is 0 Å². The van der Waals surface area contributed by atoms with Gasteiger partial charge in [-0.15, -0.1) is 0 Å². The molecule has 1 aliphatic rings. The van der Waals surface area contributed by atoms with Gasteiger partial charge in [0.15, 0.2) is 0 Å². The first kappa shape index (κ1) is 12.4. The minimum atomic E-state index is 0.260. The van der Waals surface area contributed by atoms with Crippen LogP contribution in [0.4, 0.5) is 0 Å². The standard InChI is InChI=1S/C15H19N3O/c1-9-6-12(7-10(2)16-9)15-13-4-5-19-11(3)8-14(13)17-18-15/h6-7,11H,4-5,8H2,1-3H3,(H,17,18). The Morgan fingerprint density at radius 1 is 1.26 bits per heavy atom. The van der Waals surface area contributed by atoms with Gasteiger partial charge in [0.05, 0.1) is 18.4 Å². The van der Waals surface area contributed by atoms with E-state index in [0.29, 0.717) is 0 Å². The van der Waals surface area contributed by atoms with Crippen molar-refractivity contribution in [1.29, 1.82) is 0 Å². The van der Waals surface area contributed by atoms with Crippen molar-refractivity contribution in [2.45, 2.75) is 39.7 Å². The van der Waals surface area contributed by atoms with Crippen LogP contribution < -0.4 is 0 Å². The number of fused-ring (bicyclic) bond motifs is 1. The lowest BCUT2D eigenvalue weighted by molar-refractivity contribution is 0.0737. The number of hydrogen-bond acceptors (Lipinski definition) is 3. The van der Waals surface area contributed by atoms with Crippen molar-refractivity contribution in [3.05, 3.63) is 34.8 Å². The number of hydrogen-bond donors (Lipinski definition) is 1. The second kappa shape index (κ2) is 4.78. The second-order valence-corrected chi connectivity index (χ2v) is 5.30. The second-order valence-electron chi connectivity index (χ2n) is 5.30. The molecule has 1 aliphatic heterocycles. The fourth-order valence-corrected chi connectivity index (χ4v) is 2.76. The van der Waals surface area contributed by atoms with Crippen LogP contribution in [0.3, 0.4) is 0 Å². The summed E-state index contributed by atoms with van der Waals surface area (Å²) < 4.78 is 5.72. The van der Waals surface area contributed by atoms with Crippen LogP contribution in [-0.2, 0) is 17.6 Å². The lowest BCUT2D eigenvalue weighted by Crippen LogP contribution is -2.10. The predicted octanol–water partition coefficient (Wildman–Crippen LogP) is 2.59. The molecule has 3 heterocycles. The summed E-state index contributed by atoms with van der Waals surface area (Å²) in [6.07, 6.45) is 2.09. The molecule has 100 valence electrons. The van der Waals surface area contributed by atoms with Gasteiger partial charge in [0.1, 0.15) is 0 Å². The number of aromatic amines is 1. The zero-order valence-electron chi connectivity index (χ0n) is 11.7. The number of H-pyrrole nitrogens is 1. The third kappa shape index (κ3) is 2.40. The van der Waals surface area contributed by atoms with Gasteiger partial charge in [-0.3, -0.25) is 10.1 Å². The van der Waals surface area contributed by atoms with E-state index >= 15 is 0 Å². The molecule has 0 saturated carbocycles. The summed E-state index contributed by atoms with van der Waals surface area (Å²) in [5, 5.41) is 7.70. The highest BCUT2D eigenvalue weighted by Crippen LogP contribution is 2.28. The molecule has 0 bridgehead atoms. The monoisotopic (exact) mass is 257 g/mol. The van der Waals surface area contributed by atoms with Crippen molar-refractivity contribution in [1.82, 2.24) is 15.2 Å². The van der Waals surface area contributed by atoms with Crippen molar-refractivity contribution < 1.29 is 4.74 Å². The lowest BCUT2D eigenvalue weighted by atomic mass is 10.0. The van der Waals surface area contributed by atoms with E-state index in [-0.39, 0.29) is 6.10 Å². The van der Waals surface area contributed by atoms with Crippen LogP contribution in [0.5, 0.6) is 0 Å². The van der Waals surface area contributed by atoms with Crippen molar-refractivity contribution in [3.8, 4) is 11.3 Å². The van der Waals surface area contributed by atoms with Crippen LogP contribution in [0.1, 0.15) is 29.6 Å². The maximum absolute atomic E-state index is 5.72. The van der Waals surface area contributed by atoms with Gasteiger partial charge in [-0.2, -0.15) is 5.10 Å². The molecule has 0 radical (unpaired) electrons. The van der Waals surface area contributed by atoms with Crippen LogP contribution in [0.2, 0.25) is 0 Å². The van der Waals surface area contributed by atoms with E-state index in [1.54, 1.807) is 0 Å². The van der Waals surface area contributed by atoms with Crippen LogP contribution in [-0.4, -0.2) is 27.9 Å². The number of aryl methyl sites for hydroxylation is 2. The topological polar surface area (TPSA) is 50.8 Å². The Labute approximate surface area is 113 Å². The highest BCUT2D eigenvalue weighted by molar-refractivity contribution is 5.65. The van der Waals surface area contributed by atoms with Crippen molar-refractivity contribution in [3.63, 3.8) is 0 Å². The van der Waals surface area contributed by atoms with Crippen LogP contribution in [0, 0.1) is 13.8 Å². The Morgan fingerprint density at radius 3 is 2.74 bits per heavy atom. The van der Waals surface area contributed by atoms with Gasteiger partial charge in [0, 0.05) is 34.6 Å². The Morgan fingerprint density at radius 2 is 2.00 bits per heavy atom. The normalized spacial score (nSPS) is 19.0. The van der Waals surface area contributed by atoms with Gasteiger partial charge < -0.3 is 4.74 Å². The molecule has 0 amide bonds. The summed E-state index contributed by atoms with van der Waals surface area (Å²) >= 11 is 0. The Kier molecular flexibility index (Phi) is 3.11. The maximum atomic E-state index is 5.72. The molecule has 1 N–H and O–H groups in total. The molecule has 4 heteroatoms.